The van der Waals surface area contributed by atoms with E-state index >= 15 is 0 Å². The molecule has 0 spiro atoms. The molecule has 0 saturated heterocycles. The van der Waals surface area contributed by atoms with Crippen LogP contribution in [0.15, 0.2) is 0 Å². The van der Waals surface area contributed by atoms with E-state index in [1.54, 1.807) is 0 Å². The van der Waals surface area contributed by atoms with Crippen LogP contribution in [0.3, 0.4) is 0 Å². The fourth-order valence-corrected chi connectivity index (χ4v) is 0.855. The highest BCUT2D eigenvalue weighted by Gasteiger charge is 2.67. The van der Waals surface area contributed by atoms with Gasteiger partial charge < -0.3 is 0 Å². The van der Waals surface area contributed by atoms with Crippen molar-refractivity contribution in [2.45, 2.75) is 23.6 Å². The quantitative estimate of drug-likeness (QED) is 0.624. The first-order valence-corrected chi connectivity index (χ1v) is 4.53. The van der Waals surface area contributed by atoms with E-state index in [1.807, 2.05) is 0 Å². The van der Waals surface area contributed by atoms with Crippen molar-refractivity contribution >= 4 is 0 Å². The topological polar surface area (TPSA) is 9.23 Å². The molecule has 0 aromatic carbocycles. The van der Waals surface area contributed by atoms with Gasteiger partial charge in [-0.1, -0.05) is 0 Å². The fraction of sp³-hybridized carbons (Fsp3) is 1.00. The van der Waals surface area contributed by atoms with Crippen LogP contribution in [-0.2, 0) is 4.74 Å². The molecule has 0 radical (unpaired) electrons. The predicted molar refractivity (Wildman–Crippen MR) is 42.6 cm³/mol. The molecule has 1 nitrogen and oxygen atoms in total. The Morgan fingerprint density at radius 2 is 0.789 bits per heavy atom. The molecule has 11 heteroatoms. The zero-order chi connectivity index (χ0) is 15.5. The molecule has 0 rings (SSSR count). The van der Waals surface area contributed by atoms with E-state index < -0.39 is 50.3 Å². The Hall–Kier alpha value is -0.740. The molecule has 0 aromatic rings. The first-order chi connectivity index (χ1) is 8.45. The summed E-state index contributed by atoms with van der Waals surface area (Å²) in [6, 6.07) is 0. The lowest BCUT2D eigenvalue weighted by Gasteiger charge is -2.37. The summed E-state index contributed by atoms with van der Waals surface area (Å²) < 4.78 is 127. The summed E-state index contributed by atoms with van der Waals surface area (Å²) >= 11 is 0. The molecule has 2 atom stereocenters. The maximum atomic E-state index is 13.2. The summed E-state index contributed by atoms with van der Waals surface area (Å²) in [5.41, 5.74) is 0. The van der Waals surface area contributed by atoms with Crippen molar-refractivity contribution in [3.63, 3.8) is 0 Å². The van der Waals surface area contributed by atoms with Gasteiger partial charge >= 0.3 is 23.6 Å². The molecule has 0 aliphatic rings. The van der Waals surface area contributed by atoms with E-state index in [1.165, 1.54) is 0 Å². The van der Waals surface area contributed by atoms with E-state index in [0.717, 1.165) is 0 Å². The number of hydrogen-bond donors (Lipinski definition) is 0. The lowest BCUT2D eigenvalue weighted by molar-refractivity contribution is -0.397. The van der Waals surface area contributed by atoms with Gasteiger partial charge in [0.05, 0.1) is 0 Å². The fourth-order valence-electron chi connectivity index (χ4n) is 0.855. The predicted octanol–water partition coefficient (Wildman–Crippen LogP) is 3.48. The van der Waals surface area contributed by atoms with Gasteiger partial charge in [-0.2, -0.15) is 17.6 Å². The first kappa shape index (κ1) is 18.3. The number of halogens is 10. The molecule has 0 bridgehead atoms. The zero-order valence-electron chi connectivity index (χ0n) is 9.02. The second kappa shape index (κ2) is 5.71. The van der Waals surface area contributed by atoms with Crippen molar-refractivity contribution < 1.29 is 48.6 Å². The standard InChI is InChI=1S/C8H8F10O/c9-1-5(13,14)7(17,3-11)19-8(18,4-12)6(15,16)2-10/h1-4H2. The van der Waals surface area contributed by atoms with Crippen LogP contribution in [0.25, 0.3) is 0 Å². The largest absolute Gasteiger partial charge is 0.336 e. The van der Waals surface area contributed by atoms with Gasteiger partial charge in [-0.3, -0.25) is 4.74 Å². The molecule has 0 saturated carbocycles. The lowest BCUT2D eigenvalue weighted by Crippen LogP contribution is -2.60. The van der Waals surface area contributed by atoms with Gasteiger partial charge in [-0.25, -0.2) is 26.3 Å². The summed E-state index contributed by atoms with van der Waals surface area (Å²) in [6.45, 7) is -11.8. The van der Waals surface area contributed by atoms with Gasteiger partial charge in [0.25, 0.3) is 0 Å². The third-order valence-corrected chi connectivity index (χ3v) is 2.10. The Morgan fingerprint density at radius 1 is 0.526 bits per heavy atom. The van der Waals surface area contributed by atoms with E-state index in [4.69, 9.17) is 0 Å². The molecule has 2 unspecified atom stereocenters. The molecule has 0 N–H and O–H groups in total. The highest BCUT2D eigenvalue weighted by molar-refractivity contribution is 4.93. The molecule has 0 aliphatic heterocycles. The van der Waals surface area contributed by atoms with Crippen LogP contribution in [0.1, 0.15) is 0 Å². The third-order valence-electron chi connectivity index (χ3n) is 2.10. The summed E-state index contributed by atoms with van der Waals surface area (Å²) in [6.07, 6.45) is 0. The van der Waals surface area contributed by atoms with E-state index in [9.17, 15) is 43.9 Å². The Morgan fingerprint density at radius 3 is 0.947 bits per heavy atom. The summed E-state index contributed by atoms with van der Waals surface area (Å²) in [5.74, 6) is -21.2. The number of hydrogen-bond acceptors (Lipinski definition) is 1. The summed E-state index contributed by atoms with van der Waals surface area (Å²) in [7, 11) is 0. The van der Waals surface area contributed by atoms with Gasteiger partial charge in [-0.05, 0) is 0 Å². The number of rotatable bonds is 8. The average Bonchev–Trinajstić information content (AvgIpc) is 2.37. The molecule has 0 aromatic heterocycles. The van der Waals surface area contributed by atoms with Crippen LogP contribution in [0, 0.1) is 0 Å². The van der Waals surface area contributed by atoms with Crippen molar-refractivity contribution in [2.24, 2.45) is 0 Å². The molecule has 0 aliphatic carbocycles. The Balaban J connectivity index is 5.47. The van der Waals surface area contributed by atoms with Crippen LogP contribution in [0.2, 0.25) is 0 Å². The number of alkyl halides is 10. The smallest absolute Gasteiger partial charge is 0.294 e. The minimum atomic E-state index is -5.37. The van der Waals surface area contributed by atoms with Crippen molar-refractivity contribution in [3.8, 4) is 0 Å². The third kappa shape index (κ3) is 3.23. The average molecular weight is 310 g/mol. The maximum Gasteiger partial charge on any atom is 0.336 e. The Bertz CT molecular complexity index is 269. The molecule has 0 fully saturated rings. The molecular formula is C8H8F10O. The van der Waals surface area contributed by atoms with E-state index in [0.29, 0.717) is 0 Å². The zero-order valence-corrected chi connectivity index (χ0v) is 9.02. The monoisotopic (exact) mass is 310 g/mol. The van der Waals surface area contributed by atoms with Crippen LogP contribution < -0.4 is 0 Å². The summed E-state index contributed by atoms with van der Waals surface area (Å²) in [5, 5.41) is 0. The van der Waals surface area contributed by atoms with Crippen LogP contribution in [0.5, 0.6) is 0 Å². The minimum absolute atomic E-state index is 2.77. The van der Waals surface area contributed by atoms with Crippen molar-refractivity contribution in [2.75, 3.05) is 26.7 Å². The Labute approximate surface area is 100 Å². The first-order valence-electron chi connectivity index (χ1n) is 4.53. The van der Waals surface area contributed by atoms with Gasteiger partial charge in [0.1, 0.15) is 0 Å². The van der Waals surface area contributed by atoms with Gasteiger partial charge in [0.15, 0.2) is 26.7 Å². The highest BCUT2D eigenvalue weighted by atomic mass is 19.3. The maximum absolute atomic E-state index is 13.2. The van der Waals surface area contributed by atoms with Crippen LogP contribution >= 0.6 is 0 Å². The molecular weight excluding hydrogens is 302 g/mol. The normalized spacial score (nSPS) is 19.9. The molecule has 0 amide bonds. The van der Waals surface area contributed by atoms with Crippen LogP contribution in [0.4, 0.5) is 43.9 Å². The van der Waals surface area contributed by atoms with Crippen LogP contribution in [-0.4, -0.2) is 50.3 Å². The second-order valence-corrected chi connectivity index (χ2v) is 3.50. The second-order valence-electron chi connectivity index (χ2n) is 3.50. The molecule has 0 heterocycles. The van der Waals surface area contributed by atoms with Crippen molar-refractivity contribution in [1.29, 1.82) is 0 Å². The Kier molecular flexibility index (Phi) is 5.49. The van der Waals surface area contributed by atoms with Crippen molar-refractivity contribution in [1.82, 2.24) is 0 Å². The van der Waals surface area contributed by atoms with E-state index in [2.05, 4.69) is 4.74 Å². The van der Waals surface area contributed by atoms with Gasteiger partial charge in [0.2, 0.25) is 0 Å². The lowest BCUT2D eigenvalue weighted by atomic mass is 10.1. The summed E-state index contributed by atoms with van der Waals surface area (Å²) in [4.78, 5) is 0. The highest BCUT2D eigenvalue weighted by Crippen LogP contribution is 2.44. The minimum Gasteiger partial charge on any atom is -0.294 e. The number of ether oxygens (including phenoxy) is 1. The van der Waals surface area contributed by atoms with Crippen molar-refractivity contribution in [3.05, 3.63) is 0 Å². The van der Waals surface area contributed by atoms with E-state index in [-0.39, 0.29) is 0 Å². The molecule has 19 heavy (non-hydrogen) atoms. The SMILES string of the molecule is FCC(F)(F)C(F)(CF)OC(F)(CF)C(F)(F)CF. The van der Waals surface area contributed by atoms with Gasteiger partial charge in [0, 0.05) is 0 Å². The van der Waals surface area contributed by atoms with Gasteiger partial charge in [-0.15, -0.1) is 0 Å². The molecule has 116 valence electrons.